The van der Waals surface area contributed by atoms with E-state index in [0.717, 1.165) is 9.26 Å². The van der Waals surface area contributed by atoms with Gasteiger partial charge in [0.25, 0.3) is 0 Å². The van der Waals surface area contributed by atoms with Gasteiger partial charge < -0.3 is 23.2 Å². The summed E-state index contributed by atoms with van der Waals surface area (Å²) in [5, 5.41) is 4.02. The number of nitrogens with zero attached hydrogens (tertiary/aromatic N) is 2. The zero-order valence-electron chi connectivity index (χ0n) is 21.2. The van der Waals surface area contributed by atoms with Crippen LogP contribution in [0.3, 0.4) is 0 Å². The van der Waals surface area contributed by atoms with E-state index >= 15 is 0 Å². The van der Waals surface area contributed by atoms with Gasteiger partial charge in [-0.25, -0.2) is 5.43 Å². The maximum Gasteiger partial charge on any atom is 0.307 e. The lowest BCUT2D eigenvalue weighted by molar-refractivity contribution is 0.0923. The largest absolute Gasteiger partial charge is 0.493 e. The lowest BCUT2D eigenvalue weighted by Crippen LogP contribution is -2.16. The molecule has 4 aromatic rings. The van der Waals surface area contributed by atoms with Crippen molar-refractivity contribution in [1.82, 2.24) is 9.99 Å². The fourth-order valence-corrected chi connectivity index (χ4v) is 4.57. The van der Waals surface area contributed by atoms with Crippen molar-refractivity contribution in [3.05, 3.63) is 92.7 Å². The number of halogens is 1. The Morgan fingerprint density at radius 1 is 1.11 bits per heavy atom. The van der Waals surface area contributed by atoms with Crippen LogP contribution in [0, 0.1) is 29.8 Å². The molecular weight excluding hydrogens is 597 g/mol. The van der Waals surface area contributed by atoms with Gasteiger partial charge in [-0.15, -0.1) is 6.42 Å². The Bertz CT molecular complexity index is 1480. The Balaban J connectivity index is 1.32. The molecule has 4 rings (SSSR count). The number of carbonyl (C=O) groups excluding carboxylic acids is 1. The summed E-state index contributed by atoms with van der Waals surface area (Å²) < 4.78 is 25.3. The molecule has 0 aliphatic heterocycles. The Labute approximate surface area is 234 Å². The van der Waals surface area contributed by atoms with Gasteiger partial charge in [-0.3, -0.25) is 4.79 Å². The smallest absolute Gasteiger partial charge is 0.307 e. The van der Waals surface area contributed by atoms with E-state index in [1.54, 1.807) is 18.2 Å². The molecule has 0 fully saturated rings. The zero-order chi connectivity index (χ0) is 27.1. The number of benzene rings is 2. The number of aromatic nitrogens is 1. The number of terminal acetylenes is 1. The molecule has 0 saturated heterocycles. The topological polar surface area (TPSA) is 87.2 Å². The molecule has 0 unspecified atom stereocenters. The normalized spacial score (nSPS) is 10.8. The number of furan rings is 1. The SMILES string of the molecule is C#CCOc1c(I)cc(/C=N/NC(=O)c2ccc(COc3ccc(-n4c(C)ccc4C)cc3)o2)cc1OC. The van der Waals surface area contributed by atoms with E-state index in [0.29, 0.717) is 28.6 Å². The summed E-state index contributed by atoms with van der Waals surface area (Å²) in [4.78, 5) is 12.5. The molecule has 2 aromatic carbocycles. The summed E-state index contributed by atoms with van der Waals surface area (Å²) in [7, 11) is 1.54. The van der Waals surface area contributed by atoms with E-state index < -0.39 is 5.91 Å². The molecule has 9 heteroatoms. The highest BCUT2D eigenvalue weighted by Gasteiger charge is 2.13. The molecule has 0 bridgehead atoms. The average molecular weight is 623 g/mol. The van der Waals surface area contributed by atoms with Crippen LogP contribution in [0.1, 0.15) is 33.3 Å². The molecule has 8 nitrogen and oxygen atoms in total. The van der Waals surface area contributed by atoms with E-state index in [1.807, 2.05) is 30.3 Å². The number of amides is 1. The van der Waals surface area contributed by atoms with Gasteiger partial charge in [-0.05, 0) is 103 Å². The summed E-state index contributed by atoms with van der Waals surface area (Å²) in [6, 6.07) is 18.8. The third-order valence-corrected chi connectivity index (χ3v) is 6.37. The highest BCUT2D eigenvalue weighted by atomic mass is 127. The van der Waals surface area contributed by atoms with Crippen LogP contribution >= 0.6 is 22.6 Å². The molecule has 0 aliphatic rings. The molecule has 1 amide bonds. The molecule has 0 spiro atoms. The number of hydrogen-bond donors (Lipinski definition) is 1. The van der Waals surface area contributed by atoms with Gasteiger partial charge in [0.05, 0.1) is 16.9 Å². The predicted molar refractivity (Wildman–Crippen MR) is 153 cm³/mol. The molecule has 0 aliphatic carbocycles. The summed E-state index contributed by atoms with van der Waals surface area (Å²) in [6.45, 7) is 4.46. The van der Waals surface area contributed by atoms with Gasteiger partial charge in [0.2, 0.25) is 0 Å². The Kier molecular flexibility index (Phi) is 8.76. The Morgan fingerprint density at radius 2 is 1.84 bits per heavy atom. The molecule has 0 radical (unpaired) electrons. The second kappa shape index (κ2) is 12.4. The Hall–Kier alpha value is -4.17. The first-order chi connectivity index (χ1) is 18.4. The van der Waals surface area contributed by atoms with Gasteiger partial charge in [-0.1, -0.05) is 5.92 Å². The number of rotatable bonds is 10. The number of nitrogens with one attached hydrogen (secondary N) is 1. The molecular formula is C29H26IN3O5. The van der Waals surface area contributed by atoms with Crippen LogP contribution in [0.2, 0.25) is 0 Å². The predicted octanol–water partition coefficient (Wildman–Crippen LogP) is 5.66. The van der Waals surface area contributed by atoms with Crippen molar-refractivity contribution in [2.45, 2.75) is 20.5 Å². The Morgan fingerprint density at radius 3 is 2.53 bits per heavy atom. The minimum absolute atomic E-state index is 0.125. The minimum atomic E-state index is -0.482. The fourth-order valence-electron chi connectivity index (χ4n) is 3.79. The number of ether oxygens (including phenoxy) is 3. The van der Waals surface area contributed by atoms with Crippen LogP contribution in [0.5, 0.6) is 17.2 Å². The fraction of sp³-hybridized carbons (Fsp3) is 0.172. The van der Waals surface area contributed by atoms with Crippen LogP contribution in [-0.4, -0.2) is 30.4 Å². The van der Waals surface area contributed by atoms with Crippen LogP contribution in [0.4, 0.5) is 0 Å². The lowest BCUT2D eigenvalue weighted by Gasteiger charge is -2.11. The molecule has 0 saturated carbocycles. The molecule has 1 N–H and O–H groups in total. The molecule has 38 heavy (non-hydrogen) atoms. The molecule has 0 atom stereocenters. The van der Waals surface area contributed by atoms with Gasteiger partial charge in [0.1, 0.15) is 24.7 Å². The quantitative estimate of drug-likeness (QED) is 0.107. The summed E-state index contributed by atoms with van der Waals surface area (Å²) >= 11 is 2.12. The van der Waals surface area contributed by atoms with Crippen molar-refractivity contribution >= 4 is 34.7 Å². The van der Waals surface area contributed by atoms with Gasteiger partial charge in [0, 0.05) is 17.1 Å². The van der Waals surface area contributed by atoms with E-state index in [9.17, 15) is 4.79 Å². The van der Waals surface area contributed by atoms with Gasteiger partial charge in [0.15, 0.2) is 17.3 Å². The number of methoxy groups -OCH3 is 1. The molecule has 2 aromatic heterocycles. The van der Waals surface area contributed by atoms with Crippen molar-refractivity contribution in [2.75, 3.05) is 13.7 Å². The first-order valence-electron chi connectivity index (χ1n) is 11.6. The van der Waals surface area contributed by atoms with Crippen molar-refractivity contribution < 1.29 is 23.4 Å². The number of hydrazone groups is 1. The first kappa shape index (κ1) is 26.9. The van der Waals surface area contributed by atoms with Crippen LogP contribution in [0.15, 0.2) is 70.2 Å². The summed E-state index contributed by atoms with van der Waals surface area (Å²) in [5.41, 5.74) is 6.57. The van der Waals surface area contributed by atoms with Gasteiger partial charge in [-0.2, -0.15) is 5.10 Å². The van der Waals surface area contributed by atoms with E-state index in [4.69, 9.17) is 25.1 Å². The second-order valence-corrected chi connectivity index (χ2v) is 9.39. The molecule has 2 heterocycles. The highest BCUT2D eigenvalue weighted by molar-refractivity contribution is 14.1. The van der Waals surface area contributed by atoms with Crippen LogP contribution in [-0.2, 0) is 6.61 Å². The molecule has 194 valence electrons. The van der Waals surface area contributed by atoms with Crippen LogP contribution < -0.4 is 19.6 Å². The third-order valence-electron chi connectivity index (χ3n) is 5.56. The first-order valence-corrected chi connectivity index (χ1v) is 12.7. The maximum absolute atomic E-state index is 12.5. The standard InChI is InChI=1S/C29H26IN3O5/c1-5-14-36-28-25(30)15-21(16-27(28)35-4)17-31-32-29(34)26-13-12-24(38-26)18-37-23-10-8-22(9-11-23)33-19(2)6-7-20(33)3/h1,6-13,15-17H,14,18H2,2-4H3,(H,32,34)/b31-17+. The maximum atomic E-state index is 12.5. The number of hydrogen-bond acceptors (Lipinski definition) is 6. The van der Waals surface area contributed by atoms with Gasteiger partial charge >= 0.3 is 5.91 Å². The van der Waals surface area contributed by atoms with E-state index in [1.165, 1.54) is 24.7 Å². The van der Waals surface area contributed by atoms with E-state index in [2.05, 4.69) is 69.6 Å². The number of aryl methyl sites for hydroxylation is 2. The summed E-state index contributed by atoms with van der Waals surface area (Å²) in [5.74, 6) is 4.35. The van der Waals surface area contributed by atoms with Crippen molar-refractivity contribution in [1.29, 1.82) is 0 Å². The number of carbonyl (C=O) groups is 1. The van der Waals surface area contributed by atoms with Crippen molar-refractivity contribution in [3.63, 3.8) is 0 Å². The lowest BCUT2D eigenvalue weighted by atomic mass is 10.2. The van der Waals surface area contributed by atoms with E-state index in [-0.39, 0.29) is 19.0 Å². The van der Waals surface area contributed by atoms with Crippen LogP contribution in [0.25, 0.3) is 5.69 Å². The third kappa shape index (κ3) is 6.39. The summed E-state index contributed by atoms with van der Waals surface area (Å²) in [6.07, 6.45) is 6.77. The minimum Gasteiger partial charge on any atom is -0.493 e. The zero-order valence-corrected chi connectivity index (χ0v) is 23.3. The monoisotopic (exact) mass is 623 g/mol. The highest BCUT2D eigenvalue weighted by Crippen LogP contribution is 2.33. The average Bonchev–Trinajstić information content (AvgIpc) is 3.53. The van der Waals surface area contributed by atoms with Crippen molar-refractivity contribution in [3.8, 4) is 35.3 Å². The van der Waals surface area contributed by atoms with Crippen molar-refractivity contribution in [2.24, 2.45) is 5.10 Å². The second-order valence-electron chi connectivity index (χ2n) is 8.23.